The van der Waals surface area contributed by atoms with Crippen LogP contribution in [0.2, 0.25) is 0 Å². The molecular formula is C21H17N5OS. The third-order valence-corrected chi connectivity index (χ3v) is 6.24. The number of nitriles is 1. The topological polar surface area (TPSA) is 74.3 Å². The van der Waals surface area contributed by atoms with Crippen molar-refractivity contribution in [1.29, 1.82) is 5.26 Å². The molecule has 0 radical (unpaired) electrons. The lowest BCUT2D eigenvalue weighted by atomic mass is 10.1. The van der Waals surface area contributed by atoms with Crippen molar-refractivity contribution in [2.75, 3.05) is 13.1 Å². The van der Waals surface area contributed by atoms with Gasteiger partial charge in [-0.05, 0) is 19.3 Å². The molecule has 1 aliphatic heterocycles. The molecule has 0 atom stereocenters. The zero-order valence-corrected chi connectivity index (χ0v) is 15.9. The SMILES string of the molecule is N#Cc1c(C(=O)N2CCCCC2)sc2nc(-c3ccccc3)n3ccnc3c12. The van der Waals surface area contributed by atoms with Crippen molar-refractivity contribution >= 4 is 33.1 Å². The third-order valence-electron chi connectivity index (χ3n) is 5.17. The maximum atomic E-state index is 13.1. The van der Waals surface area contributed by atoms with Gasteiger partial charge in [0.05, 0.1) is 10.9 Å². The number of carbonyl (C=O) groups is 1. The molecule has 28 heavy (non-hydrogen) atoms. The Morgan fingerprint density at radius 1 is 1.14 bits per heavy atom. The molecule has 0 unspecified atom stereocenters. The molecule has 1 aliphatic rings. The Hall–Kier alpha value is -3.24. The van der Waals surface area contributed by atoms with E-state index in [1.807, 2.05) is 45.8 Å². The van der Waals surface area contributed by atoms with Crippen LogP contribution in [0.4, 0.5) is 0 Å². The zero-order valence-electron chi connectivity index (χ0n) is 15.1. The molecule has 3 aromatic heterocycles. The molecule has 0 aliphatic carbocycles. The minimum atomic E-state index is -0.0646. The van der Waals surface area contributed by atoms with Crippen molar-refractivity contribution in [2.45, 2.75) is 19.3 Å². The van der Waals surface area contributed by atoms with Crippen LogP contribution < -0.4 is 0 Å². The van der Waals surface area contributed by atoms with Gasteiger partial charge in [-0.15, -0.1) is 11.3 Å². The molecule has 4 aromatic rings. The summed E-state index contributed by atoms with van der Waals surface area (Å²) in [5.74, 6) is 0.688. The second-order valence-corrected chi connectivity index (χ2v) is 7.87. The van der Waals surface area contributed by atoms with Crippen molar-refractivity contribution in [2.24, 2.45) is 0 Å². The molecule has 0 N–H and O–H groups in total. The van der Waals surface area contributed by atoms with Crippen LogP contribution in [-0.4, -0.2) is 38.3 Å². The van der Waals surface area contributed by atoms with E-state index in [0.29, 0.717) is 26.3 Å². The second kappa shape index (κ2) is 6.73. The summed E-state index contributed by atoms with van der Waals surface area (Å²) in [5.41, 5.74) is 2.01. The van der Waals surface area contributed by atoms with Crippen LogP contribution in [0.5, 0.6) is 0 Å². The second-order valence-electron chi connectivity index (χ2n) is 6.87. The summed E-state index contributed by atoms with van der Waals surface area (Å²) in [4.78, 5) is 25.4. The normalized spacial score (nSPS) is 14.5. The van der Waals surface area contributed by atoms with Crippen molar-refractivity contribution in [3.63, 3.8) is 0 Å². The van der Waals surface area contributed by atoms with Gasteiger partial charge in [-0.1, -0.05) is 30.3 Å². The van der Waals surface area contributed by atoms with Crippen LogP contribution in [0.15, 0.2) is 42.7 Å². The maximum Gasteiger partial charge on any atom is 0.265 e. The van der Waals surface area contributed by atoms with E-state index < -0.39 is 0 Å². The molecule has 1 amide bonds. The number of hydrogen-bond donors (Lipinski definition) is 0. The number of thiophene rings is 1. The monoisotopic (exact) mass is 387 g/mol. The minimum absolute atomic E-state index is 0.0646. The van der Waals surface area contributed by atoms with E-state index in [1.165, 1.54) is 11.3 Å². The van der Waals surface area contributed by atoms with Gasteiger partial charge in [0.2, 0.25) is 0 Å². The number of fused-ring (bicyclic) bond motifs is 3. The van der Waals surface area contributed by atoms with E-state index in [0.717, 1.165) is 43.7 Å². The van der Waals surface area contributed by atoms with Crippen molar-refractivity contribution < 1.29 is 4.79 Å². The lowest BCUT2D eigenvalue weighted by Gasteiger charge is -2.26. The Bertz CT molecular complexity index is 1230. The van der Waals surface area contributed by atoms with E-state index in [2.05, 4.69) is 11.1 Å². The maximum absolute atomic E-state index is 13.1. The molecular weight excluding hydrogens is 370 g/mol. The first kappa shape index (κ1) is 16.9. The molecule has 1 saturated heterocycles. The smallest absolute Gasteiger partial charge is 0.265 e. The number of aromatic nitrogens is 3. The predicted molar refractivity (Wildman–Crippen MR) is 108 cm³/mol. The van der Waals surface area contributed by atoms with Gasteiger partial charge >= 0.3 is 0 Å². The van der Waals surface area contributed by atoms with Gasteiger partial charge in [0.25, 0.3) is 5.91 Å². The summed E-state index contributed by atoms with van der Waals surface area (Å²) in [5, 5.41) is 10.5. The van der Waals surface area contributed by atoms with Crippen LogP contribution in [-0.2, 0) is 0 Å². The molecule has 0 spiro atoms. The average Bonchev–Trinajstić information content (AvgIpc) is 3.38. The van der Waals surface area contributed by atoms with Crippen molar-refractivity contribution in [3.05, 3.63) is 53.2 Å². The molecule has 6 nitrogen and oxygen atoms in total. The van der Waals surface area contributed by atoms with Gasteiger partial charge < -0.3 is 4.90 Å². The van der Waals surface area contributed by atoms with Gasteiger partial charge in [-0.25, -0.2) is 9.97 Å². The lowest BCUT2D eigenvalue weighted by molar-refractivity contribution is 0.0729. The van der Waals surface area contributed by atoms with Crippen LogP contribution >= 0.6 is 11.3 Å². The number of hydrogen-bond acceptors (Lipinski definition) is 5. The minimum Gasteiger partial charge on any atom is -0.338 e. The Morgan fingerprint density at radius 2 is 1.93 bits per heavy atom. The molecule has 7 heteroatoms. The highest BCUT2D eigenvalue weighted by atomic mass is 32.1. The molecule has 1 fully saturated rings. The number of carbonyl (C=O) groups excluding carboxylic acids is 1. The summed E-state index contributed by atoms with van der Waals surface area (Å²) in [7, 11) is 0. The fourth-order valence-corrected chi connectivity index (χ4v) is 4.89. The Labute approximate surface area is 165 Å². The summed E-state index contributed by atoms with van der Waals surface area (Å²) < 4.78 is 1.89. The fourth-order valence-electron chi connectivity index (χ4n) is 3.80. The van der Waals surface area contributed by atoms with E-state index in [-0.39, 0.29) is 5.91 Å². The number of piperidine rings is 1. The molecule has 138 valence electrons. The first-order valence-electron chi connectivity index (χ1n) is 9.32. The molecule has 0 bridgehead atoms. The first-order valence-corrected chi connectivity index (χ1v) is 10.1. The van der Waals surface area contributed by atoms with Gasteiger partial charge in [0.15, 0.2) is 0 Å². The Kier molecular flexibility index (Phi) is 4.06. The standard InChI is InChI=1S/C21H17N5OS/c22-13-15-16-19-23-9-12-26(19)18(14-7-3-1-4-8-14)24-20(16)28-17(15)21(27)25-10-5-2-6-11-25/h1,3-4,7-9,12H,2,5-6,10-11H2. The number of likely N-dealkylation sites (tertiary alicyclic amines) is 1. The predicted octanol–water partition coefficient (Wildman–Crippen LogP) is 4.11. The van der Waals surface area contributed by atoms with Crippen LogP contribution in [0.3, 0.4) is 0 Å². The van der Waals surface area contributed by atoms with E-state index in [4.69, 9.17) is 4.98 Å². The highest BCUT2D eigenvalue weighted by molar-refractivity contribution is 7.20. The summed E-state index contributed by atoms with van der Waals surface area (Å²) in [6, 6.07) is 12.1. The number of nitrogens with zero attached hydrogens (tertiary/aromatic N) is 5. The number of benzene rings is 1. The molecule has 5 rings (SSSR count). The van der Waals surface area contributed by atoms with Gasteiger partial charge in [-0.3, -0.25) is 9.20 Å². The zero-order chi connectivity index (χ0) is 19.1. The number of imidazole rings is 1. The summed E-state index contributed by atoms with van der Waals surface area (Å²) >= 11 is 1.30. The van der Waals surface area contributed by atoms with Gasteiger partial charge in [0, 0.05) is 31.0 Å². The van der Waals surface area contributed by atoms with Gasteiger partial charge in [-0.2, -0.15) is 5.26 Å². The molecule has 0 saturated carbocycles. The van der Waals surface area contributed by atoms with Crippen LogP contribution in [0.25, 0.3) is 27.3 Å². The first-order chi connectivity index (χ1) is 13.8. The van der Waals surface area contributed by atoms with Crippen molar-refractivity contribution in [3.8, 4) is 17.5 Å². The summed E-state index contributed by atoms with van der Waals surface area (Å²) in [6.07, 6.45) is 6.72. The highest BCUT2D eigenvalue weighted by Crippen LogP contribution is 2.35. The van der Waals surface area contributed by atoms with Crippen molar-refractivity contribution in [1.82, 2.24) is 19.3 Å². The lowest BCUT2D eigenvalue weighted by Crippen LogP contribution is -2.35. The van der Waals surface area contributed by atoms with Crippen LogP contribution in [0, 0.1) is 11.3 Å². The quantitative estimate of drug-likeness (QED) is 0.519. The van der Waals surface area contributed by atoms with Crippen LogP contribution in [0.1, 0.15) is 34.5 Å². The highest BCUT2D eigenvalue weighted by Gasteiger charge is 2.27. The Morgan fingerprint density at radius 3 is 2.68 bits per heavy atom. The molecule has 4 heterocycles. The molecule has 1 aromatic carbocycles. The largest absolute Gasteiger partial charge is 0.338 e. The third kappa shape index (κ3) is 2.57. The van der Waals surface area contributed by atoms with E-state index >= 15 is 0 Å². The van der Waals surface area contributed by atoms with Gasteiger partial charge in [0.1, 0.15) is 27.2 Å². The van der Waals surface area contributed by atoms with E-state index in [9.17, 15) is 10.1 Å². The Balaban J connectivity index is 1.75. The number of rotatable bonds is 2. The summed E-state index contributed by atoms with van der Waals surface area (Å²) in [6.45, 7) is 1.50. The number of amides is 1. The average molecular weight is 387 g/mol. The van der Waals surface area contributed by atoms with E-state index in [1.54, 1.807) is 6.20 Å². The fraction of sp³-hybridized carbons (Fsp3) is 0.238.